The van der Waals surface area contributed by atoms with Gasteiger partial charge in [-0.2, -0.15) is 5.10 Å². The van der Waals surface area contributed by atoms with E-state index < -0.39 is 0 Å². The molecule has 0 spiro atoms. The van der Waals surface area contributed by atoms with Gasteiger partial charge in [-0.1, -0.05) is 30.3 Å². The largest absolute Gasteiger partial charge is 0.329 e. The molecular weight excluding hydrogens is 188 g/mol. The van der Waals surface area contributed by atoms with Gasteiger partial charge in [0.15, 0.2) is 0 Å². The highest BCUT2D eigenvalue weighted by Gasteiger charge is 1.82. The number of nitrogens with one attached hydrogen (secondary N) is 1. The topological polar surface area (TPSA) is 53.4 Å². The van der Waals surface area contributed by atoms with Gasteiger partial charge in [-0.05, 0) is 11.6 Å². The summed E-state index contributed by atoms with van der Waals surface area (Å²) in [7, 11) is 0. The van der Waals surface area contributed by atoms with E-state index in [9.17, 15) is 0 Å². The Morgan fingerprint density at radius 2 is 2.00 bits per heavy atom. The Bertz CT molecular complexity index is 482. The molecular formula is C11H10N4. The fourth-order valence-electron chi connectivity index (χ4n) is 1.06. The maximum atomic E-state index is 3.97. The molecule has 0 radical (unpaired) electrons. The summed E-state index contributed by atoms with van der Waals surface area (Å²) in [5.74, 6) is 0. The normalized spacial score (nSPS) is 12.1. The van der Waals surface area contributed by atoms with Crippen molar-refractivity contribution < 1.29 is 0 Å². The van der Waals surface area contributed by atoms with Gasteiger partial charge >= 0.3 is 0 Å². The summed E-state index contributed by atoms with van der Waals surface area (Å²) in [4.78, 5) is 6.84. The molecule has 15 heavy (non-hydrogen) atoms. The van der Waals surface area contributed by atoms with Crippen LogP contribution in [0.4, 0.5) is 0 Å². The SMILES string of the molecule is C(=NN=c1nccc[nH]1)c1ccccc1. The van der Waals surface area contributed by atoms with Crippen LogP contribution in [0.25, 0.3) is 0 Å². The summed E-state index contributed by atoms with van der Waals surface area (Å²) in [6, 6.07) is 11.6. The molecule has 0 atom stereocenters. The van der Waals surface area contributed by atoms with Crippen molar-refractivity contribution in [2.75, 3.05) is 0 Å². The number of benzene rings is 1. The molecule has 0 aliphatic carbocycles. The fourth-order valence-corrected chi connectivity index (χ4v) is 1.06. The quantitative estimate of drug-likeness (QED) is 0.574. The van der Waals surface area contributed by atoms with Crippen molar-refractivity contribution in [3.8, 4) is 0 Å². The summed E-state index contributed by atoms with van der Waals surface area (Å²) in [5, 5.41) is 7.82. The summed E-state index contributed by atoms with van der Waals surface area (Å²) in [5.41, 5.74) is 1.50. The molecule has 1 aromatic heterocycles. The first-order chi connectivity index (χ1) is 7.45. The Labute approximate surface area is 87.1 Å². The molecule has 0 fully saturated rings. The standard InChI is InChI=1S/C11H10N4/c1-2-5-10(6-3-1)9-14-15-11-12-7-4-8-13-11/h1-9H,(H,12,13,15). The molecule has 0 aliphatic rings. The Morgan fingerprint density at radius 1 is 1.13 bits per heavy atom. The molecule has 0 unspecified atom stereocenters. The molecule has 2 rings (SSSR count). The molecule has 0 saturated carbocycles. The van der Waals surface area contributed by atoms with Gasteiger partial charge in [0.25, 0.3) is 0 Å². The molecule has 1 aromatic carbocycles. The highest BCUT2D eigenvalue weighted by molar-refractivity contribution is 5.79. The predicted molar refractivity (Wildman–Crippen MR) is 58.2 cm³/mol. The zero-order chi connectivity index (χ0) is 10.3. The highest BCUT2D eigenvalue weighted by atomic mass is 15.2. The van der Waals surface area contributed by atoms with Crippen molar-refractivity contribution in [1.29, 1.82) is 0 Å². The zero-order valence-corrected chi connectivity index (χ0v) is 8.04. The fraction of sp³-hybridized carbons (Fsp3) is 0. The minimum absolute atomic E-state index is 0.490. The molecule has 0 amide bonds. The number of H-pyrrole nitrogens is 1. The summed E-state index contributed by atoms with van der Waals surface area (Å²) < 4.78 is 0. The summed E-state index contributed by atoms with van der Waals surface area (Å²) >= 11 is 0. The van der Waals surface area contributed by atoms with E-state index in [0.29, 0.717) is 5.62 Å². The Morgan fingerprint density at radius 3 is 2.73 bits per heavy atom. The van der Waals surface area contributed by atoms with Crippen molar-refractivity contribution >= 4 is 6.21 Å². The predicted octanol–water partition coefficient (Wildman–Crippen LogP) is 1.34. The van der Waals surface area contributed by atoms with Gasteiger partial charge in [-0.15, -0.1) is 5.10 Å². The third-order valence-corrected chi connectivity index (χ3v) is 1.75. The van der Waals surface area contributed by atoms with Gasteiger partial charge in [0, 0.05) is 12.4 Å². The molecule has 2 aromatic rings. The molecule has 74 valence electrons. The number of hydrogen-bond donors (Lipinski definition) is 1. The van der Waals surface area contributed by atoms with Crippen LogP contribution in [0.5, 0.6) is 0 Å². The van der Waals surface area contributed by atoms with Crippen molar-refractivity contribution in [3.05, 3.63) is 60.0 Å². The van der Waals surface area contributed by atoms with Crippen LogP contribution in [-0.2, 0) is 0 Å². The van der Waals surface area contributed by atoms with E-state index in [1.807, 2.05) is 30.3 Å². The van der Waals surface area contributed by atoms with Gasteiger partial charge < -0.3 is 4.98 Å². The Balaban J connectivity index is 2.15. The van der Waals surface area contributed by atoms with Gasteiger partial charge in [0.1, 0.15) is 0 Å². The third-order valence-electron chi connectivity index (χ3n) is 1.75. The van der Waals surface area contributed by atoms with Crippen molar-refractivity contribution in [3.63, 3.8) is 0 Å². The second-order valence-electron chi connectivity index (χ2n) is 2.86. The van der Waals surface area contributed by atoms with E-state index in [0.717, 1.165) is 5.56 Å². The van der Waals surface area contributed by atoms with Gasteiger partial charge in [0.05, 0.1) is 6.21 Å². The highest BCUT2D eigenvalue weighted by Crippen LogP contribution is 1.93. The second-order valence-corrected chi connectivity index (χ2v) is 2.86. The van der Waals surface area contributed by atoms with E-state index in [2.05, 4.69) is 20.2 Å². The number of aromatic nitrogens is 2. The lowest BCUT2D eigenvalue weighted by molar-refractivity contribution is 0.952. The van der Waals surface area contributed by atoms with E-state index in [4.69, 9.17) is 0 Å². The maximum Gasteiger partial charge on any atom is 0.246 e. The number of hydrogen-bond acceptors (Lipinski definition) is 3. The van der Waals surface area contributed by atoms with Crippen molar-refractivity contribution in [1.82, 2.24) is 9.97 Å². The Hall–Kier alpha value is -2.23. The lowest BCUT2D eigenvalue weighted by Gasteiger charge is -1.87. The van der Waals surface area contributed by atoms with Crippen molar-refractivity contribution in [2.24, 2.45) is 10.2 Å². The van der Waals surface area contributed by atoms with Crippen LogP contribution in [0.3, 0.4) is 0 Å². The molecule has 4 nitrogen and oxygen atoms in total. The number of rotatable bonds is 2. The molecule has 0 saturated heterocycles. The first-order valence-corrected chi connectivity index (χ1v) is 4.57. The first kappa shape index (κ1) is 9.33. The molecule has 1 heterocycles. The maximum absolute atomic E-state index is 3.97. The van der Waals surface area contributed by atoms with E-state index in [1.165, 1.54) is 0 Å². The zero-order valence-electron chi connectivity index (χ0n) is 8.04. The monoisotopic (exact) mass is 198 g/mol. The van der Waals surface area contributed by atoms with Crippen LogP contribution >= 0.6 is 0 Å². The van der Waals surface area contributed by atoms with Crippen LogP contribution in [0.2, 0.25) is 0 Å². The third kappa shape index (κ3) is 2.87. The molecule has 0 bridgehead atoms. The average Bonchev–Trinajstić information content (AvgIpc) is 2.32. The first-order valence-electron chi connectivity index (χ1n) is 4.57. The summed E-state index contributed by atoms with van der Waals surface area (Å²) in [6.45, 7) is 0. The molecule has 4 heteroatoms. The van der Waals surface area contributed by atoms with Crippen LogP contribution in [0.15, 0.2) is 59.0 Å². The van der Waals surface area contributed by atoms with Crippen LogP contribution in [0.1, 0.15) is 5.56 Å². The average molecular weight is 198 g/mol. The van der Waals surface area contributed by atoms with Gasteiger partial charge in [0.2, 0.25) is 5.62 Å². The Kier molecular flexibility index (Phi) is 3.02. The molecule has 0 aliphatic heterocycles. The minimum atomic E-state index is 0.490. The van der Waals surface area contributed by atoms with E-state index in [-0.39, 0.29) is 0 Å². The van der Waals surface area contributed by atoms with Gasteiger partial charge in [-0.3, -0.25) is 0 Å². The second kappa shape index (κ2) is 4.85. The van der Waals surface area contributed by atoms with E-state index in [1.54, 1.807) is 24.7 Å². The summed E-state index contributed by atoms with van der Waals surface area (Å²) in [6.07, 6.45) is 5.10. The number of nitrogens with zero attached hydrogens (tertiary/aromatic N) is 3. The van der Waals surface area contributed by atoms with Crippen LogP contribution in [0, 0.1) is 0 Å². The number of aromatic amines is 1. The lowest BCUT2D eigenvalue weighted by atomic mass is 10.2. The van der Waals surface area contributed by atoms with Crippen LogP contribution < -0.4 is 5.62 Å². The lowest BCUT2D eigenvalue weighted by Crippen LogP contribution is -2.09. The van der Waals surface area contributed by atoms with Crippen molar-refractivity contribution in [2.45, 2.75) is 0 Å². The smallest absolute Gasteiger partial charge is 0.246 e. The van der Waals surface area contributed by atoms with Crippen LogP contribution in [-0.4, -0.2) is 16.2 Å². The molecule has 1 N–H and O–H groups in total. The minimum Gasteiger partial charge on any atom is -0.329 e. The van der Waals surface area contributed by atoms with E-state index >= 15 is 0 Å². The van der Waals surface area contributed by atoms with Gasteiger partial charge in [-0.25, -0.2) is 4.98 Å².